The van der Waals surface area contributed by atoms with Crippen molar-refractivity contribution in [2.75, 3.05) is 5.32 Å². The summed E-state index contributed by atoms with van der Waals surface area (Å²) in [5, 5.41) is 2.70. The zero-order chi connectivity index (χ0) is 25.2. The number of amides is 1. The minimum atomic E-state index is -3.76. The number of hydrogen-bond donors (Lipinski definition) is 1. The van der Waals surface area contributed by atoms with Crippen LogP contribution in [0.25, 0.3) is 22.7 Å². The molecule has 5 rings (SSSR count). The van der Waals surface area contributed by atoms with Crippen molar-refractivity contribution in [3.8, 4) is 34.2 Å². The lowest BCUT2D eigenvalue weighted by atomic mass is 10.1. The molecule has 35 heavy (non-hydrogen) atoms. The molecule has 0 fully saturated rings. The van der Waals surface area contributed by atoms with Crippen molar-refractivity contribution in [2.24, 2.45) is 0 Å². The average molecular weight is 501 g/mol. The van der Waals surface area contributed by atoms with Crippen molar-refractivity contribution >= 4 is 23.3 Å². The van der Waals surface area contributed by atoms with Gasteiger partial charge < -0.3 is 19.2 Å². The Labute approximate surface area is 203 Å². The summed E-state index contributed by atoms with van der Waals surface area (Å²) in [4.78, 5) is 25.3. The second-order valence-corrected chi connectivity index (χ2v) is 7.39. The fraction of sp³-hybridized carbons (Fsp3) is 0.167. The number of carbonyl (C=O) groups is 1. The molecule has 11 heteroatoms. The molecule has 0 bridgehead atoms. The third kappa shape index (κ3) is 5.07. The third-order valence-electron chi connectivity index (χ3n) is 4.68. The number of benzene rings is 2. The van der Waals surface area contributed by atoms with Crippen LogP contribution in [0.5, 0.6) is 11.5 Å². The van der Waals surface area contributed by atoms with Crippen LogP contribution < -0.4 is 14.8 Å². The molecule has 4 aromatic rings. The number of halogens is 3. The molecule has 1 aliphatic rings. The first-order valence-corrected chi connectivity index (χ1v) is 10.9. The summed E-state index contributed by atoms with van der Waals surface area (Å²) in [6, 6.07) is 11.7. The van der Waals surface area contributed by atoms with Crippen LogP contribution in [0.4, 0.5) is 14.6 Å². The highest BCUT2D eigenvalue weighted by atomic mass is 35.5. The molecular formula is C24H19ClF2N4O4. The van der Waals surface area contributed by atoms with Crippen LogP contribution in [0.3, 0.4) is 0 Å². The summed E-state index contributed by atoms with van der Waals surface area (Å²) < 4.78 is 41.0. The molecule has 0 unspecified atom stereocenters. The quantitative estimate of drug-likeness (QED) is 0.348. The van der Waals surface area contributed by atoms with Crippen molar-refractivity contribution in [2.45, 2.75) is 27.1 Å². The summed E-state index contributed by atoms with van der Waals surface area (Å²) >= 11 is 6.17. The van der Waals surface area contributed by atoms with Gasteiger partial charge in [0.15, 0.2) is 17.3 Å². The maximum atomic E-state index is 13.3. The highest BCUT2D eigenvalue weighted by Crippen LogP contribution is 2.45. The number of fused-ring (bicyclic) bond motifs is 1. The molecule has 0 radical (unpaired) electrons. The lowest BCUT2D eigenvalue weighted by Gasteiger charge is -2.07. The van der Waals surface area contributed by atoms with Gasteiger partial charge in [0, 0.05) is 17.2 Å². The van der Waals surface area contributed by atoms with Gasteiger partial charge in [0.2, 0.25) is 11.7 Å². The molecule has 1 amide bonds. The number of nitrogens with zero attached hydrogens (tertiary/aromatic N) is 3. The van der Waals surface area contributed by atoms with Crippen LogP contribution in [0.2, 0.25) is 5.02 Å². The van der Waals surface area contributed by atoms with Gasteiger partial charge in [0.1, 0.15) is 0 Å². The Hall–Kier alpha value is -4.05. The minimum absolute atomic E-state index is 0.0412. The molecule has 1 N–H and O–H groups in total. The van der Waals surface area contributed by atoms with E-state index in [4.69, 9.17) is 16.0 Å². The van der Waals surface area contributed by atoms with Crippen molar-refractivity contribution < 1.29 is 27.5 Å². The van der Waals surface area contributed by atoms with E-state index in [1.165, 1.54) is 24.5 Å². The van der Waals surface area contributed by atoms with Crippen LogP contribution in [0.1, 0.15) is 30.1 Å². The fourth-order valence-electron chi connectivity index (χ4n) is 3.18. The van der Waals surface area contributed by atoms with Gasteiger partial charge in [-0.1, -0.05) is 43.6 Å². The van der Waals surface area contributed by atoms with Gasteiger partial charge in [-0.15, -0.1) is 8.78 Å². The Balaban J connectivity index is 0.00000141. The van der Waals surface area contributed by atoms with Gasteiger partial charge in [-0.05, 0) is 25.1 Å². The van der Waals surface area contributed by atoms with E-state index in [-0.39, 0.29) is 33.8 Å². The van der Waals surface area contributed by atoms with Crippen LogP contribution in [0, 0.1) is 6.92 Å². The van der Waals surface area contributed by atoms with Gasteiger partial charge in [0.05, 0.1) is 28.8 Å². The number of alkyl halides is 2. The van der Waals surface area contributed by atoms with Crippen molar-refractivity contribution in [1.82, 2.24) is 15.0 Å². The largest absolute Gasteiger partial charge is 0.586 e. The van der Waals surface area contributed by atoms with E-state index in [1.54, 1.807) is 6.92 Å². The average Bonchev–Trinajstić information content (AvgIpc) is 3.38. The Morgan fingerprint density at radius 3 is 2.37 bits per heavy atom. The predicted octanol–water partition coefficient (Wildman–Crippen LogP) is 6.36. The standard InChI is InChI=1S/C22H13ClF2N4O4.C2H6/c1-11-19(31-21(28-11)12-5-3-2-4-6-12)20(30)29-18-10-26-15(9-27-18)13-7-16-17(8-14(13)23)33-22(24,25)32-16;1-2/h2-10H,1H3,(H,27,29,30);1-2H3. The van der Waals surface area contributed by atoms with E-state index < -0.39 is 12.2 Å². The number of ether oxygens (including phenoxy) is 2. The zero-order valence-corrected chi connectivity index (χ0v) is 19.6. The molecule has 2 aromatic carbocycles. The van der Waals surface area contributed by atoms with Crippen molar-refractivity contribution in [1.29, 1.82) is 0 Å². The summed E-state index contributed by atoms with van der Waals surface area (Å²) in [5.74, 6) is -0.393. The number of aromatic nitrogens is 3. The molecular weight excluding hydrogens is 482 g/mol. The molecule has 180 valence electrons. The number of carbonyl (C=O) groups excluding carboxylic acids is 1. The van der Waals surface area contributed by atoms with Gasteiger partial charge in [-0.3, -0.25) is 9.78 Å². The predicted molar refractivity (Wildman–Crippen MR) is 125 cm³/mol. The van der Waals surface area contributed by atoms with Crippen LogP contribution in [0.15, 0.2) is 59.3 Å². The Morgan fingerprint density at radius 2 is 1.71 bits per heavy atom. The van der Waals surface area contributed by atoms with E-state index in [0.29, 0.717) is 17.1 Å². The molecule has 2 aromatic heterocycles. The SMILES string of the molecule is CC.Cc1nc(-c2ccccc2)oc1C(=O)Nc1cnc(-c2cc3c(cc2Cl)OC(F)(F)O3)cn1. The summed E-state index contributed by atoms with van der Waals surface area (Å²) in [6.07, 6.45) is -1.13. The Bertz CT molecular complexity index is 1360. The number of rotatable bonds is 4. The Morgan fingerprint density at radius 1 is 1.03 bits per heavy atom. The molecule has 8 nitrogen and oxygen atoms in total. The maximum absolute atomic E-state index is 13.3. The summed E-state index contributed by atoms with van der Waals surface area (Å²) in [5.41, 5.74) is 1.74. The summed E-state index contributed by atoms with van der Waals surface area (Å²) in [7, 11) is 0. The van der Waals surface area contributed by atoms with Gasteiger partial charge >= 0.3 is 6.29 Å². The van der Waals surface area contributed by atoms with E-state index in [0.717, 1.165) is 5.56 Å². The van der Waals surface area contributed by atoms with E-state index in [9.17, 15) is 13.6 Å². The van der Waals surface area contributed by atoms with E-state index >= 15 is 0 Å². The Kier molecular flexibility index (Phi) is 6.65. The normalized spacial score (nSPS) is 13.1. The number of aryl methyl sites for hydroxylation is 1. The van der Waals surface area contributed by atoms with E-state index in [1.807, 2.05) is 44.2 Å². The topological polar surface area (TPSA) is 99.4 Å². The zero-order valence-electron chi connectivity index (χ0n) is 18.8. The lowest BCUT2D eigenvalue weighted by Crippen LogP contribution is -2.25. The fourth-order valence-corrected chi connectivity index (χ4v) is 3.43. The first-order valence-electron chi connectivity index (χ1n) is 10.5. The smallest absolute Gasteiger partial charge is 0.431 e. The van der Waals surface area contributed by atoms with Gasteiger partial charge in [-0.2, -0.15) is 0 Å². The van der Waals surface area contributed by atoms with Crippen molar-refractivity contribution in [3.05, 3.63) is 71.3 Å². The van der Waals surface area contributed by atoms with Gasteiger partial charge in [-0.25, -0.2) is 9.97 Å². The van der Waals surface area contributed by atoms with Crippen LogP contribution in [-0.4, -0.2) is 27.2 Å². The molecule has 0 atom stereocenters. The lowest BCUT2D eigenvalue weighted by molar-refractivity contribution is -0.286. The molecule has 0 saturated heterocycles. The minimum Gasteiger partial charge on any atom is -0.431 e. The molecule has 0 aliphatic carbocycles. The number of anilines is 1. The molecule has 0 saturated carbocycles. The first-order chi connectivity index (χ1) is 16.8. The monoisotopic (exact) mass is 500 g/mol. The number of oxazole rings is 1. The summed E-state index contributed by atoms with van der Waals surface area (Å²) in [6.45, 7) is 5.66. The highest BCUT2D eigenvalue weighted by molar-refractivity contribution is 6.33. The van der Waals surface area contributed by atoms with Gasteiger partial charge in [0.25, 0.3) is 5.91 Å². The maximum Gasteiger partial charge on any atom is 0.586 e. The first kappa shape index (κ1) is 24.1. The second-order valence-electron chi connectivity index (χ2n) is 6.99. The van der Waals surface area contributed by atoms with E-state index in [2.05, 4.69) is 29.7 Å². The number of nitrogens with one attached hydrogen (secondary N) is 1. The van der Waals surface area contributed by atoms with Crippen LogP contribution >= 0.6 is 11.6 Å². The van der Waals surface area contributed by atoms with Crippen LogP contribution in [-0.2, 0) is 0 Å². The molecule has 1 aliphatic heterocycles. The van der Waals surface area contributed by atoms with Crippen molar-refractivity contribution in [3.63, 3.8) is 0 Å². The highest BCUT2D eigenvalue weighted by Gasteiger charge is 2.44. The second kappa shape index (κ2) is 9.67. The third-order valence-corrected chi connectivity index (χ3v) is 5.00. The molecule has 0 spiro atoms. The molecule has 3 heterocycles. The number of hydrogen-bond acceptors (Lipinski definition) is 7.